The van der Waals surface area contributed by atoms with Crippen LogP contribution in [0.3, 0.4) is 0 Å². The van der Waals surface area contributed by atoms with Crippen molar-refractivity contribution < 1.29 is 9.53 Å². The summed E-state index contributed by atoms with van der Waals surface area (Å²) in [6.45, 7) is 4.61. The van der Waals surface area contributed by atoms with Gasteiger partial charge in [0.1, 0.15) is 0 Å². The molecule has 0 heterocycles. The summed E-state index contributed by atoms with van der Waals surface area (Å²) < 4.78 is 4.66. The highest BCUT2D eigenvalue weighted by molar-refractivity contribution is 6.37. The highest BCUT2D eigenvalue weighted by atomic mass is 28.2. The number of rotatable bonds is 4. The fourth-order valence-corrected chi connectivity index (χ4v) is 1.60. The van der Waals surface area contributed by atoms with Crippen LogP contribution in [-0.2, 0) is 9.53 Å². The van der Waals surface area contributed by atoms with Crippen molar-refractivity contribution in [3.05, 3.63) is 0 Å². The Balaban J connectivity index is 3.03. The first-order chi connectivity index (χ1) is 3.81. The highest BCUT2D eigenvalue weighted by Crippen LogP contribution is 1.86. The largest absolute Gasteiger partial charge is 0.469 e. The van der Waals surface area contributed by atoms with Crippen molar-refractivity contribution in [1.82, 2.24) is 0 Å². The second kappa shape index (κ2) is 4.84. The predicted octanol–water partition coefficient (Wildman–Crippen LogP) is 0.112. The standard InChI is InChI=1S/C5H12O2Si/c1-3-8-5(2)7-4-6/h4-5H,3,8H2,1-2H3. The normalized spacial score (nSPS) is 14.2. The van der Waals surface area contributed by atoms with Crippen LogP contribution in [0.5, 0.6) is 0 Å². The first-order valence-corrected chi connectivity index (χ1v) is 4.72. The zero-order chi connectivity index (χ0) is 6.41. The van der Waals surface area contributed by atoms with Gasteiger partial charge in [0.25, 0.3) is 6.47 Å². The Bertz CT molecular complexity index is 65.4. The lowest BCUT2D eigenvalue weighted by Crippen LogP contribution is -2.14. The Labute approximate surface area is 52.0 Å². The minimum absolute atomic E-state index is 0.118. The minimum Gasteiger partial charge on any atom is -0.469 e. The van der Waals surface area contributed by atoms with Crippen molar-refractivity contribution in [2.45, 2.75) is 25.6 Å². The molecule has 3 heteroatoms. The van der Waals surface area contributed by atoms with Gasteiger partial charge in [-0.3, -0.25) is 4.79 Å². The molecule has 0 bridgehead atoms. The number of carbonyl (C=O) groups excluding carboxylic acids is 1. The molecular formula is C5H12O2Si. The van der Waals surface area contributed by atoms with Crippen LogP contribution in [0.2, 0.25) is 6.04 Å². The Morgan fingerprint density at radius 3 is 2.88 bits per heavy atom. The van der Waals surface area contributed by atoms with Crippen LogP contribution in [0.15, 0.2) is 0 Å². The fourth-order valence-electron chi connectivity index (χ4n) is 0.569. The van der Waals surface area contributed by atoms with E-state index in [2.05, 4.69) is 11.7 Å². The molecule has 8 heavy (non-hydrogen) atoms. The molecule has 0 aliphatic rings. The maximum absolute atomic E-state index is 9.69. The molecule has 0 aromatic heterocycles. The molecule has 0 radical (unpaired) electrons. The van der Waals surface area contributed by atoms with Gasteiger partial charge >= 0.3 is 0 Å². The zero-order valence-electron chi connectivity index (χ0n) is 5.39. The Morgan fingerprint density at radius 1 is 1.88 bits per heavy atom. The molecule has 0 aliphatic carbocycles. The first-order valence-electron chi connectivity index (χ1n) is 2.90. The van der Waals surface area contributed by atoms with E-state index in [9.17, 15) is 4.79 Å². The van der Waals surface area contributed by atoms with E-state index in [0.29, 0.717) is 6.47 Å². The van der Waals surface area contributed by atoms with Gasteiger partial charge in [0.2, 0.25) is 0 Å². The van der Waals surface area contributed by atoms with Gasteiger partial charge in [0.15, 0.2) is 0 Å². The molecule has 0 rings (SSSR count). The van der Waals surface area contributed by atoms with Crippen molar-refractivity contribution in [3.63, 3.8) is 0 Å². The molecule has 0 saturated heterocycles. The van der Waals surface area contributed by atoms with Gasteiger partial charge in [0, 0.05) is 0 Å². The van der Waals surface area contributed by atoms with Gasteiger partial charge in [-0.2, -0.15) is 0 Å². The molecule has 0 spiro atoms. The molecule has 1 unspecified atom stereocenters. The van der Waals surface area contributed by atoms with E-state index in [-0.39, 0.29) is 15.2 Å². The fraction of sp³-hybridized carbons (Fsp3) is 0.800. The van der Waals surface area contributed by atoms with Gasteiger partial charge in [0.05, 0.1) is 15.2 Å². The molecule has 48 valence electrons. The lowest BCUT2D eigenvalue weighted by Gasteiger charge is -2.04. The predicted molar refractivity (Wildman–Crippen MR) is 35.6 cm³/mol. The van der Waals surface area contributed by atoms with Crippen LogP contribution in [0.1, 0.15) is 13.8 Å². The lowest BCUT2D eigenvalue weighted by molar-refractivity contribution is -0.129. The van der Waals surface area contributed by atoms with E-state index in [1.165, 1.54) is 6.04 Å². The van der Waals surface area contributed by atoms with E-state index in [1.807, 2.05) is 6.92 Å². The summed E-state index contributed by atoms with van der Waals surface area (Å²) in [7, 11) is -0.118. The number of ether oxygens (including phenoxy) is 1. The summed E-state index contributed by atoms with van der Waals surface area (Å²) in [6, 6.07) is 1.20. The van der Waals surface area contributed by atoms with E-state index in [0.717, 1.165) is 0 Å². The Morgan fingerprint density at radius 2 is 2.50 bits per heavy atom. The van der Waals surface area contributed by atoms with E-state index in [4.69, 9.17) is 0 Å². The third-order valence-corrected chi connectivity index (χ3v) is 2.57. The summed E-state index contributed by atoms with van der Waals surface area (Å²) in [5, 5.41) is 0. The van der Waals surface area contributed by atoms with Crippen molar-refractivity contribution in [1.29, 1.82) is 0 Å². The van der Waals surface area contributed by atoms with Crippen LogP contribution in [0.4, 0.5) is 0 Å². The Kier molecular flexibility index (Phi) is 4.65. The molecule has 0 amide bonds. The quantitative estimate of drug-likeness (QED) is 0.401. The third kappa shape index (κ3) is 3.86. The van der Waals surface area contributed by atoms with Gasteiger partial charge in [-0.05, 0) is 6.92 Å². The maximum atomic E-state index is 9.69. The molecule has 0 N–H and O–H groups in total. The summed E-state index contributed by atoms with van der Waals surface area (Å²) in [5.74, 6) is 0. The van der Waals surface area contributed by atoms with Crippen LogP contribution in [0.25, 0.3) is 0 Å². The van der Waals surface area contributed by atoms with Crippen molar-refractivity contribution in [2.75, 3.05) is 0 Å². The van der Waals surface area contributed by atoms with Gasteiger partial charge < -0.3 is 4.74 Å². The summed E-state index contributed by atoms with van der Waals surface area (Å²) >= 11 is 0. The monoisotopic (exact) mass is 132 g/mol. The zero-order valence-corrected chi connectivity index (χ0v) is 6.80. The second-order valence-corrected chi connectivity index (χ2v) is 4.56. The molecule has 0 aromatic rings. The second-order valence-electron chi connectivity index (χ2n) is 1.83. The first kappa shape index (κ1) is 7.69. The van der Waals surface area contributed by atoms with Crippen LogP contribution < -0.4 is 0 Å². The van der Waals surface area contributed by atoms with Crippen LogP contribution >= 0.6 is 0 Å². The molecule has 0 saturated carbocycles. The average molecular weight is 132 g/mol. The molecule has 1 atom stereocenters. The summed E-state index contributed by atoms with van der Waals surface area (Å²) in [4.78, 5) is 9.69. The van der Waals surface area contributed by atoms with E-state index >= 15 is 0 Å². The lowest BCUT2D eigenvalue weighted by atomic mass is 10.8. The van der Waals surface area contributed by atoms with Gasteiger partial charge in [-0.15, -0.1) is 0 Å². The Hall–Kier alpha value is -0.313. The molecule has 2 nitrogen and oxygen atoms in total. The molecular weight excluding hydrogens is 120 g/mol. The van der Waals surface area contributed by atoms with Gasteiger partial charge in [-0.1, -0.05) is 13.0 Å². The summed E-state index contributed by atoms with van der Waals surface area (Å²) in [6.07, 6.45) is 0. The van der Waals surface area contributed by atoms with Crippen molar-refractivity contribution in [3.8, 4) is 0 Å². The van der Waals surface area contributed by atoms with Crippen molar-refractivity contribution >= 4 is 16.0 Å². The smallest absolute Gasteiger partial charge is 0.292 e. The number of carbonyl (C=O) groups is 1. The highest BCUT2D eigenvalue weighted by Gasteiger charge is 1.97. The summed E-state index contributed by atoms with van der Waals surface area (Å²) in [5.41, 5.74) is 0.234. The number of hydrogen-bond acceptors (Lipinski definition) is 2. The van der Waals surface area contributed by atoms with E-state index < -0.39 is 0 Å². The van der Waals surface area contributed by atoms with Crippen LogP contribution in [0, 0.1) is 0 Å². The van der Waals surface area contributed by atoms with E-state index in [1.54, 1.807) is 0 Å². The minimum atomic E-state index is -0.118. The van der Waals surface area contributed by atoms with Crippen molar-refractivity contribution in [2.24, 2.45) is 0 Å². The molecule has 0 aromatic carbocycles. The molecule has 0 fully saturated rings. The maximum Gasteiger partial charge on any atom is 0.292 e. The average Bonchev–Trinajstić information content (AvgIpc) is 1.68. The third-order valence-electron chi connectivity index (χ3n) is 0.983. The number of hydrogen-bond donors (Lipinski definition) is 0. The van der Waals surface area contributed by atoms with Crippen LogP contribution in [-0.4, -0.2) is 21.7 Å². The van der Waals surface area contributed by atoms with Gasteiger partial charge in [-0.25, -0.2) is 0 Å². The topological polar surface area (TPSA) is 26.3 Å². The molecule has 0 aliphatic heterocycles. The SMILES string of the molecule is CC[SiH2]C(C)OC=O.